The second kappa shape index (κ2) is 12.3. The number of pyridine rings is 1. The standard InChI is InChI=1S/C29H22F6N6O4S/c1-46(43,44)18-7-8-23(24(10-18)45-14-29(33,34)35)38-28-39-25-9-4-16(13-41(25)40-28)15-2-5-17(6-3-15)37-27(42)26(36)19-11-21(31)22(32)12-20(19)30/h2-13,26H,14,36H2,1H3,(H,37,42)(H,38,40)/t26-/m1/s1. The van der Waals surface area contributed by atoms with Gasteiger partial charge in [-0.3, -0.25) is 4.79 Å². The molecule has 0 aliphatic rings. The Hall–Kier alpha value is -5.16. The second-order valence-corrected chi connectivity index (χ2v) is 12.0. The summed E-state index contributed by atoms with van der Waals surface area (Å²) in [6.07, 6.45) is -2.15. The monoisotopic (exact) mass is 664 g/mol. The molecule has 0 saturated heterocycles. The molecule has 5 aromatic rings. The number of hydrogen-bond acceptors (Lipinski definition) is 8. The molecular formula is C29H22F6N6O4S. The summed E-state index contributed by atoms with van der Waals surface area (Å²) in [6.45, 7) is -1.65. The molecule has 17 heteroatoms. The highest BCUT2D eigenvalue weighted by molar-refractivity contribution is 7.90. The maximum Gasteiger partial charge on any atom is 0.422 e. The number of nitrogens with one attached hydrogen (secondary N) is 2. The second-order valence-electron chi connectivity index (χ2n) is 9.95. The van der Waals surface area contributed by atoms with Crippen molar-refractivity contribution in [3.05, 3.63) is 95.9 Å². The summed E-state index contributed by atoms with van der Waals surface area (Å²) in [7, 11) is -3.74. The lowest BCUT2D eigenvalue weighted by Gasteiger charge is -2.14. The van der Waals surface area contributed by atoms with Crippen molar-refractivity contribution >= 4 is 38.7 Å². The minimum absolute atomic E-state index is 0.00238. The van der Waals surface area contributed by atoms with Crippen LogP contribution in [0.1, 0.15) is 11.6 Å². The third-order valence-electron chi connectivity index (χ3n) is 6.49. The highest BCUT2D eigenvalue weighted by Gasteiger charge is 2.29. The average Bonchev–Trinajstić information content (AvgIpc) is 3.39. The molecule has 0 spiro atoms. The number of carbonyl (C=O) groups excluding carboxylic acids is 1. The van der Waals surface area contributed by atoms with Crippen molar-refractivity contribution in [1.82, 2.24) is 14.6 Å². The van der Waals surface area contributed by atoms with E-state index in [2.05, 4.69) is 20.7 Å². The smallest absolute Gasteiger partial charge is 0.422 e. The van der Waals surface area contributed by atoms with Crippen molar-refractivity contribution in [2.24, 2.45) is 5.73 Å². The maximum atomic E-state index is 14.0. The Morgan fingerprint density at radius 2 is 1.63 bits per heavy atom. The van der Waals surface area contributed by atoms with E-state index in [1.165, 1.54) is 28.8 Å². The van der Waals surface area contributed by atoms with Crippen LogP contribution in [0.15, 0.2) is 77.8 Å². The Bertz CT molecular complexity index is 2050. The van der Waals surface area contributed by atoms with Crippen molar-refractivity contribution in [3.63, 3.8) is 0 Å². The van der Waals surface area contributed by atoms with Gasteiger partial charge in [-0.2, -0.15) is 18.2 Å². The third kappa shape index (κ3) is 7.37. The average molecular weight is 665 g/mol. The van der Waals surface area contributed by atoms with E-state index in [0.717, 1.165) is 12.3 Å². The molecule has 0 radical (unpaired) electrons. The molecular weight excluding hydrogens is 642 g/mol. The zero-order chi connectivity index (χ0) is 33.4. The molecule has 0 fully saturated rings. The van der Waals surface area contributed by atoms with Gasteiger partial charge in [0.25, 0.3) is 0 Å². The van der Waals surface area contributed by atoms with Crippen LogP contribution >= 0.6 is 0 Å². The number of halogens is 6. The van der Waals surface area contributed by atoms with Gasteiger partial charge in [0.1, 0.15) is 17.6 Å². The lowest BCUT2D eigenvalue weighted by atomic mass is 10.0. The normalized spacial score (nSPS) is 12.6. The summed E-state index contributed by atoms with van der Waals surface area (Å²) in [5, 5.41) is 9.52. The molecule has 240 valence electrons. The first-order chi connectivity index (χ1) is 21.6. The number of amides is 1. The molecule has 46 heavy (non-hydrogen) atoms. The van der Waals surface area contributed by atoms with E-state index in [1.54, 1.807) is 30.5 Å². The number of alkyl halides is 3. The largest absolute Gasteiger partial charge is 0.482 e. The molecule has 0 saturated carbocycles. The molecule has 3 aromatic carbocycles. The van der Waals surface area contributed by atoms with Gasteiger partial charge < -0.3 is 21.1 Å². The Balaban J connectivity index is 1.32. The number of fused-ring (bicyclic) bond motifs is 1. The number of aromatic nitrogens is 3. The van der Waals surface area contributed by atoms with Crippen LogP contribution in [0, 0.1) is 17.5 Å². The molecule has 1 amide bonds. The number of carbonyl (C=O) groups is 1. The number of anilines is 3. The predicted octanol–water partition coefficient (Wildman–Crippen LogP) is 5.54. The first-order valence-corrected chi connectivity index (χ1v) is 14.9. The van der Waals surface area contributed by atoms with Gasteiger partial charge >= 0.3 is 6.18 Å². The van der Waals surface area contributed by atoms with Gasteiger partial charge in [-0.15, -0.1) is 5.10 Å². The molecule has 0 bridgehead atoms. The van der Waals surface area contributed by atoms with E-state index in [9.17, 15) is 39.6 Å². The minimum atomic E-state index is -4.67. The lowest BCUT2D eigenvalue weighted by Crippen LogP contribution is -2.28. The summed E-state index contributed by atoms with van der Waals surface area (Å²) in [6, 6.07) is 12.3. The van der Waals surface area contributed by atoms with Crippen molar-refractivity contribution in [1.29, 1.82) is 0 Å². The molecule has 0 unspecified atom stereocenters. The van der Waals surface area contributed by atoms with Crippen molar-refractivity contribution in [3.8, 4) is 16.9 Å². The van der Waals surface area contributed by atoms with Crippen molar-refractivity contribution < 1.29 is 44.3 Å². The van der Waals surface area contributed by atoms with Crippen LogP contribution in [0.4, 0.5) is 43.7 Å². The summed E-state index contributed by atoms with van der Waals surface area (Å²) in [5.41, 5.74) is 7.20. The van der Waals surface area contributed by atoms with Crippen LogP contribution in [0.3, 0.4) is 0 Å². The van der Waals surface area contributed by atoms with Gasteiger partial charge in [0.05, 0.1) is 10.6 Å². The number of nitrogens with two attached hydrogens (primary N) is 1. The highest BCUT2D eigenvalue weighted by atomic mass is 32.2. The molecule has 1 atom stereocenters. The molecule has 2 aromatic heterocycles. The van der Waals surface area contributed by atoms with Crippen LogP contribution < -0.4 is 21.1 Å². The zero-order valence-corrected chi connectivity index (χ0v) is 24.3. The first kappa shape index (κ1) is 32.2. The van der Waals surface area contributed by atoms with Crippen LogP contribution in [-0.4, -0.2) is 48.0 Å². The molecule has 4 N–H and O–H groups in total. The Morgan fingerprint density at radius 3 is 2.30 bits per heavy atom. The van der Waals surface area contributed by atoms with Gasteiger partial charge in [0, 0.05) is 41.4 Å². The fourth-order valence-electron chi connectivity index (χ4n) is 4.23. The van der Waals surface area contributed by atoms with Crippen molar-refractivity contribution in [2.45, 2.75) is 17.1 Å². The van der Waals surface area contributed by atoms with Crippen LogP contribution in [0.5, 0.6) is 5.75 Å². The van der Waals surface area contributed by atoms with E-state index in [1.807, 2.05) is 0 Å². The summed E-state index contributed by atoms with van der Waals surface area (Å²) < 4.78 is 109. The fraction of sp³-hybridized carbons (Fsp3) is 0.138. The Kier molecular flexibility index (Phi) is 8.64. The fourth-order valence-corrected chi connectivity index (χ4v) is 4.86. The Labute approximate surface area is 256 Å². The molecule has 10 nitrogen and oxygen atoms in total. The quantitative estimate of drug-likeness (QED) is 0.138. The van der Waals surface area contributed by atoms with Crippen LogP contribution in [0.25, 0.3) is 16.8 Å². The molecule has 2 heterocycles. The predicted molar refractivity (Wildman–Crippen MR) is 155 cm³/mol. The highest BCUT2D eigenvalue weighted by Crippen LogP contribution is 2.32. The molecule has 5 rings (SSSR count). The van der Waals surface area contributed by atoms with Gasteiger partial charge in [0.2, 0.25) is 11.9 Å². The summed E-state index contributed by atoms with van der Waals surface area (Å²) in [5.74, 6) is -5.18. The SMILES string of the molecule is CS(=O)(=O)c1ccc(Nc2nc3ccc(-c4ccc(NC(=O)[C@H](N)c5cc(F)c(F)cc5F)cc4)cn3n2)c(OCC(F)(F)F)c1. The topological polar surface area (TPSA) is 141 Å². The van der Waals surface area contributed by atoms with Gasteiger partial charge in [-0.25, -0.2) is 26.1 Å². The van der Waals surface area contributed by atoms with E-state index in [-0.39, 0.29) is 28.0 Å². The summed E-state index contributed by atoms with van der Waals surface area (Å²) in [4.78, 5) is 16.6. The van der Waals surface area contributed by atoms with Crippen LogP contribution in [0.2, 0.25) is 0 Å². The maximum absolute atomic E-state index is 14.0. The number of sulfone groups is 1. The van der Waals surface area contributed by atoms with E-state index < -0.39 is 57.6 Å². The van der Waals surface area contributed by atoms with Crippen LogP contribution in [-0.2, 0) is 14.6 Å². The molecule has 0 aliphatic heterocycles. The van der Waals surface area contributed by atoms with Gasteiger partial charge in [0.15, 0.2) is 33.7 Å². The number of benzene rings is 3. The van der Waals surface area contributed by atoms with E-state index >= 15 is 0 Å². The molecule has 0 aliphatic carbocycles. The van der Waals surface area contributed by atoms with Gasteiger partial charge in [-0.1, -0.05) is 12.1 Å². The van der Waals surface area contributed by atoms with E-state index in [0.29, 0.717) is 28.9 Å². The third-order valence-corrected chi connectivity index (χ3v) is 7.60. The minimum Gasteiger partial charge on any atom is -0.482 e. The lowest BCUT2D eigenvalue weighted by molar-refractivity contribution is -0.153. The summed E-state index contributed by atoms with van der Waals surface area (Å²) >= 11 is 0. The van der Waals surface area contributed by atoms with E-state index in [4.69, 9.17) is 10.5 Å². The number of rotatable bonds is 9. The number of nitrogens with zero attached hydrogens (tertiary/aromatic N) is 3. The van der Waals surface area contributed by atoms with Crippen molar-refractivity contribution in [2.75, 3.05) is 23.5 Å². The Morgan fingerprint density at radius 1 is 0.957 bits per heavy atom. The zero-order valence-electron chi connectivity index (χ0n) is 23.4. The number of ether oxygens (including phenoxy) is 1. The van der Waals surface area contributed by atoms with Gasteiger partial charge in [-0.05, 0) is 48.0 Å². The number of hydrogen-bond donors (Lipinski definition) is 3. The first-order valence-electron chi connectivity index (χ1n) is 13.1.